The third kappa shape index (κ3) is 1.99. The molecule has 1 aromatic rings. The van der Waals surface area contributed by atoms with Gasteiger partial charge in [-0.3, -0.25) is 4.98 Å². The van der Waals surface area contributed by atoms with Crippen LogP contribution in [0, 0.1) is 0 Å². The molecule has 0 amide bonds. The van der Waals surface area contributed by atoms with Crippen LogP contribution in [0.3, 0.4) is 0 Å². The predicted molar refractivity (Wildman–Crippen MR) is 49.5 cm³/mol. The lowest BCUT2D eigenvalue weighted by molar-refractivity contribution is 1.04. The number of pyridine rings is 1. The molecule has 0 unspecified atom stereocenters. The molecule has 10 heavy (non-hydrogen) atoms. The van der Waals surface area contributed by atoms with Gasteiger partial charge in [0.2, 0.25) is 0 Å². The quantitative estimate of drug-likeness (QED) is 0.751. The Morgan fingerprint density at radius 2 is 2.40 bits per heavy atom. The van der Waals surface area contributed by atoms with Crippen molar-refractivity contribution >= 4 is 28.6 Å². The Morgan fingerprint density at radius 1 is 1.60 bits per heavy atom. The van der Waals surface area contributed by atoms with Crippen molar-refractivity contribution < 1.29 is 0 Å². The standard InChI is InChI=1S/C7H8BrNS/c8-6-2-1-4-9-7(6)3-5-10/h1-2,4,10H,3,5H2. The highest BCUT2D eigenvalue weighted by atomic mass is 79.9. The minimum absolute atomic E-state index is 0.843. The second-order valence-electron chi connectivity index (χ2n) is 1.91. The molecule has 0 N–H and O–H groups in total. The number of thiol groups is 1. The Labute approximate surface area is 74.4 Å². The normalized spacial score (nSPS) is 9.80. The number of hydrogen-bond donors (Lipinski definition) is 1. The summed E-state index contributed by atoms with van der Waals surface area (Å²) in [6, 6.07) is 3.90. The smallest absolute Gasteiger partial charge is 0.0553 e. The first-order chi connectivity index (χ1) is 4.84. The summed E-state index contributed by atoms with van der Waals surface area (Å²) >= 11 is 7.52. The van der Waals surface area contributed by atoms with E-state index in [0.717, 1.165) is 22.3 Å². The largest absolute Gasteiger partial charge is 0.260 e. The Morgan fingerprint density at radius 3 is 3.00 bits per heavy atom. The van der Waals surface area contributed by atoms with Gasteiger partial charge in [0.05, 0.1) is 5.69 Å². The molecule has 54 valence electrons. The van der Waals surface area contributed by atoms with Gasteiger partial charge in [-0.1, -0.05) is 0 Å². The summed E-state index contributed by atoms with van der Waals surface area (Å²) in [5.41, 5.74) is 1.08. The van der Waals surface area contributed by atoms with Crippen molar-refractivity contribution in [3.63, 3.8) is 0 Å². The Balaban J connectivity index is 2.81. The van der Waals surface area contributed by atoms with Crippen molar-refractivity contribution in [3.05, 3.63) is 28.5 Å². The number of halogens is 1. The van der Waals surface area contributed by atoms with Gasteiger partial charge in [0.15, 0.2) is 0 Å². The molecule has 0 spiro atoms. The molecule has 0 saturated carbocycles. The molecular weight excluding hydrogens is 210 g/mol. The number of aromatic nitrogens is 1. The third-order valence-corrected chi connectivity index (χ3v) is 2.13. The molecule has 0 saturated heterocycles. The fraction of sp³-hybridized carbons (Fsp3) is 0.286. The fourth-order valence-electron chi connectivity index (χ4n) is 0.708. The predicted octanol–water partition coefficient (Wildman–Crippen LogP) is 2.32. The molecule has 1 nitrogen and oxygen atoms in total. The second-order valence-corrected chi connectivity index (χ2v) is 3.21. The van der Waals surface area contributed by atoms with E-state index in [4.69, 9.17) is 0 Å². The molecule has 0 bridgehead atoms. The maximum atomic E-state index is 4.17. The Bertz CT molecular complexity index is 215. The zero-order chi connectivity index (χ0) is 7.40. The third-order valence-electron chi connectivity index (χ3n) is 1.18. The van der Waals surface area contributed by atoms with Gasteiger partial charge in [0.1, 0.15) is 0 Å². The van der Waals surface area contributed by atoms with Crippen LogP contribution in [0.25, 0.3) is 0 Å². The van der Waals surface area contributed by atoms with Crippen molar-refractivity contribution in [2.75, 3.05) is 5.75 Å². The highest BCUT2D eigenvalue weighted by molar-refractivity contribution is 9.10. The fourth-order valence-corrected chi connectivity index (χ4v) is 1.37. The maximum absolute atomic E-state index is 4.17. The van der Waals surface area contributed by atoms with Gasteiger partial charge in [-0.2, -0.15) is 12.6 Å². The van der Waals surface area contributed by atoms with Gasteiger partial charge >= 0.3 is 0 Å². The number of rotatable bonds is 2. The molecule has 0 aliphatic carbocycles. The van der Waals surface area contributed by atoms with Crippen LogP contribution in [0.1, 0.15) is 5.69 Å². The van der Waals surface area contributed by atoms with Gasteiger partial charge in [0.25, 0.3) is 0 Å². The minimum atomic E-state index is 0.843. The molecular formula is C7H8BrNS. The molecule has 0 aliphatic rings. The highest BCUT2D eigenvalue weighted by Gasteiger charge is 1.96. The van der Waals surface area contributed by atoms with Gasteiger partial charge in [0, 0.05) is 10.7 Å². The first-order valence-corrected chi connectivity index (χ1v) is 4.47. The van der Waals surface area contributed by atoms with Crippen molar-refractivity contribution in [3.8, 4) is 0 Å². The summed E-state index contributed by atoms with van der Waals surface area (Å²) in [4.78, 5) is 4.17. The van der Waals surface area contributed by atoms with E-state index in [1.54, 1.807) is 6.20 Å². The van der Waals surface area contributed by atoms with E-state index in [1.165, 1.54) is 0 Å². The SMILES string of the molecule is SCCc1ncccc1Br. The van der Waals surface area contributed by atoms with Crippen LogP contribution in [0.15, 0.2) is 22.8 Å². The summed E-state index contributed by atoms with van der Waals surface area (Å²) in [5.74, 6) is 0.843. The van der Waals surface area contributed by atoms with E-state index >= 15 is 0 Å². The summed E-state index contributed by atoms with van der Waals surface area (Å²) in [6.07, 6.45) is 2.72. The van der Waals surface area contributed by atoms with E-state index in [1.807, 2.05) is 12.1 Å². The lowest BCUT2D eigenvalue weighted by Gasteiger charge is -1.97. The number of nitrogens with zero attached hydrogens (tertiary/aromatic N) is 1. The Hall–Kier alpha value is -0.0200. The van der Waals surface area contributed by atoms with Gasteiger partial charge in [-0.05, 0) is 40.2 Å². The summed E-state index contributed by atoms with van der Waals surface area (Å²) < 4.78 is 1.07. The average molecular weight is 218 g/mol. The number of hydrogen-bond acceptors (Lipinski definition) is 2. The van der Waals surface area contributed by atoms with Crippen LogP contribution in [0.5, 0.6) is 0 Å². The average Bonchev–Trinajstić information content (AvgIpc) is 1.94. The monoisotopic (exact) mass is 217 g/mol. The second kappa shape index (κ2) is 3.98. The molecule has 3 heteroatoms. The van der Waals surface area contributed by atoms with Crippen LogP contribution >= 0.6 is 28.6 Å². The molecule has 0 radical (unpaired) electrons. The van der Waals surface area contributed by atoms with Gasteiger partial charge in [-0.15, -0.1) is 0 Å². The highest BCUT2D eigenvalue weighted by Crippen LogP contribution is 2.13. The summed E-state index contributed by atoms with van der Waals surface area (Å²) in [7, 11) is 0. The number of aryl methyl sites for hydroxylation is 1. The van der Waals surface area contributed by atoms with Crippen molar-refractivity contribution in [1.29, 1.82) is 0 Å². The molecule has 0 aliphatic heterocycles. The lowest BCUT2D eigenvalue weighted by atomic mass is 10.3. The van der Waals surface area contributed by atoms with E-state index in [0.29, 0.717) is 0 Å². The first-order valence-electron chi connectivity index (χ1n) is 3.05. The van der Waals surface area contributed by atoms with Crippen molar-refractivity contribution in [2.45, 2.75) is 6.42 Å². The van der Waals surface area contributed by atoms with Gasteiger partial charge < -0.3 is 0 Å². The van der Waals surface area contributed by atoms with Crippen LogP contribution in [0.4, 0.5) is 0 Å². The molecule has 1 heterocycles. The van der Waals surface area contributed by atoms with Crippen molar-refractivity contribution in [2.24, 2.45) is 0 Å². The van der Waals surface area contributed by atoms with E-state index in [-0.39, 0.29) is 0 Å². The Kier molecular flexibility index (Phi) is 3.22. The molecule has 1 rings (SSSR count). The van der Waals surface area contributed by atoms with Crippen LogP contribution < -0.4 is 0 Å². The first kappa shape index (κ1) is 8.08. The van der Waals surface area contributed by atoms with E-state index in [9.17, 15) is 0 Å². The maximum Gasteiger partial charge on any atom is 0.0553 e. The topological polar surface area (TPSA) is 12.9 Å². The van der Waals surface area contributed by atoms with Gasteiger partial charge in [-0.25, -0.2) is 0 Å². The molecule has 0 atom stereocenters. The summed E-state index contributed by atoms with van der Waals surface area (Å²) in [5, 5.41) is 0. The molecule has 0 aromatic carbocycles. The van der Waals surface area contributed by atoms with Crippen LogP contribution in [-0.4, -0.2) is 10.7 Å². The zero-order valence-corrected chi connectivity index (χ0v) is 7.90. The van der Waals surface area contributed by atoms with Crippen LogP contribution in [-0.2, 0) is 6.42 Å². The molecule has 0 fully saturated rings. The zero-order valence-electron chi connectivity index (χ0n) is 5.42. The van der Waals surface area contributed by atoms with E-state index < -0.39 is 0 Å². The molecule has 1 aromatic heterocycles. The van der Waals surface area contributed by atoms with Crippen molar-refractivity contribution in [1.82, 2.24) is 4.98 Å². The van der Waals surface area contributed by atoms with Crippen LogP contribution in [0.2, 0.25) is 0 Å². The summed E-state index contributed by atoms with van der Waals surface area (Å²) in [6.45, 7) is 0. The minimum Gasteiger partial charge on any atom is -0.260 e. The van der Waals surface area contributed by atoms with E-state index in [2.05, 4.69) is 33.5 Å². The lowest BCUT2D eigenvalue weighted by Crippen LogP contribution is -1.90.